The van der Waals surface area contributed by atoms with Gasteiger partial charge in [-0.15, -0.1) is 0 Å². The van der Waals surface area contributed by atoms with Crippen molar-refractivity contribution in [3.8, 4) is 5.75 Å². The molecule has 0 saturated heterocycles. The number of aryl methyl sites for hydroxylation is 2. The van der Waals surface area contributed by atoms with Gasteiger partial charge in [-0.05, 0) is 37.1 Å². The van der Waals surface area contributed by atoms with Gasteiger partial charge in [0.15, 0.2) is 0 Å². The van der Waals surface area contributed by atoms with Gasteiger partial charge in [0.05, 0.1) is 7.11 Å². The summed E-state index contributed by atoms with van der Waals surface area (Å²) >= 11 is 0. The summed E-state index contributed by atoms with van der Waals surface area (Å²) in [5, 5.41) is 0. The van der Waals surface area contributed by atoms with E-state index in [1.807, 2.05) is 26.0 Å². The van der Waals surface area contributed by atoms with Crippen LogP contribution in [-0.2, 0) is 6.67 Å². The summed E-state index contributed by atoms with van der Waals surface area (Å²) in [5.41, 5.74) is 2.85. The Labute approximate surface area is 72.2 Å². The number of methoxy groups -OCH3 is 1. The number of halogens is 1. The Kier molecular flexibility index (Phi) is 2.69. The third-order valence-corrected chi connectivity index (χ3v) is 2.04. The normalized spacial score (nSPS) is 10.0. The highest BCUT2D eigenvalue weighted by Crippen LogP contribution is 2.23. The number of alkyl halides is 1. The molecule has 0 aromatic heterocycles. The van der Waals surface area contributed by atoms with E-state index in [0.717, 1.165) is 11.1 Å². The van der Waals surface area contributed by atoms with Gasteiger partial charge in [-0.25, -0.2) is 4.39 Å². The molecule has 0 N–H and O–H groups in total. The van der Waals surface area contributed by atoms with Crippen LogP contribution in [0.15, 0.2) is 12.1 Å². The summed E-state index contributed by atoms with van der Waals surface area (Å²) in [6, 6.07) is 3.69. The van der Waals surface area contributed by atoms with Crippen LogP contribution in [0.25, 0.3) is 0 Å². The van der Waals surface area contributed by atoms with Crippen LogP contribution in [0.5, 0.6) is 5.75 Å². The van der Waals surface area contributed by atoms with Gasteiger partial charge >= 0.3 is 0 Å². The Hall–Kier alpha value is -1.05. The van der Waals surface area contributed by atoms with Crippen molar-refractivity contribution >= 4 is 0 Å². The third kappa shape index (κ3) is 1.58. The molecular formula is C10H13FO. The topological polar surface area (TPSA) is 9.23 Å². The number of hydrogen-bond donors (Lipinski definition) is 0. The zero-order valence-electron chi connectivity index (χ0n) is 7.65. The van der Waals surface area contributed by atoms with Crippen molar-refractivity contribution in [3.63, 3.8) is 0 Å². The first kappa shape index (κ1) is 9.04. The van der Waals surface area contributed by atoms with E-state index in [1.54, 1.807) is 7.11 Å². The Morgan fingerprint density at radius 3 is 2.33 bits per heavy atom. The lowest BCUT2D eigenvalue weighted by Crippen LogP contribution is -1.92. The van der Waals surface area contributed by atoms with Crippen molar-refractivity contribution in [1.29, 1.82) is 0 Å². The van der Waals surface area contributed by atoms with Gasteiger partial charge in [0.1, 0.15) is 12.4 Å². The Bertz CT molecular complexity index is 252. The Morgan fingerprint density at radius 2 is 1.83 bits per heavy atom. The molecule has 12 heavy (non-hydrogen) atoms. The van der Waals surface area contributed by atoms with Crippen LogP contribution >= 0.6 is 0 Å². The molecule has 1 aromatic carbocycles. The maximum absolute atomic E-state index is 12.4. The maximum atomic E-state index is 12.4. The minimum atomic E-state index is -0.468. The van der Waals surface area contributed by atoms with Crippen LogP contribution in [0.1, 0.15) is 16.7 Å². The summed E-state index contributed by atoms with van der Waals surface area (Å²) in [6.45, 7) is 3.48. The highest BCUT2D eigenvalue weighted by Gasteiger charge is 2.04. The minimum absolute atomic E-state index is 0.468. The van der Waals surface area contributed by atoms with Crippen molar-refractivity contribution in [2.75, 3.05) is 7.11 Å². The SMILES string of the molecule is COc1cc(C)c(C)cc1CF. The fourth-order valence-corrected chi connectivity index (χ4v) is 1.14. The zero-order valence-corrected chi connectivity index (χ0v) is 7.65. The van der Waals surface area contributed by atoms with Gasteiger partial charge < -0.3 is 4.74 Å². The lowest BCUT2D eigenvalue weighted by molar-refractivity contribution is 0.393. The van der Waals surface area contributed by atoms with Gasteiger partial charge in [0.25, 0.3) is 0 Å². The molecule has 0 heterocycles. The van der Waals surface area contributed by atoms with Crippen LogP contribution in [0.2, 0.25) is 0 Å². The first-order chi connectivity index (χ1) is 5.69. The lowest BCUT2D eigenvalue weighted by atomic mass is 10.1. The van der Waals surface area contributed by atoms with Gasteiger partial charge in [-0.3, -0.25) is 0 Å². The quantitative estimate of drug-likeness (QED) is 0.659. The minimum Gasteiger partial charge on any atom is -0.496 e. The van der Waals surface area contributed by atoms with Crippen LogP contribution in [0.3, 0.4) is 0 Å². The molecule has 2 heteroatoms. The van der Waals surface area contributed by atoms with E-state index in [-0.39, 0.29) is 0 Å². The average Bonchev–Trinajstić information content (AvgIpc) is 2.09. The van der Waals surface area contributed by atoms with E-state index in [1.165, 1.54) is 0 Å². The first-order valence-electron chi connectivity index (χ1n) is 3.89. The van der Waals surface area contributed by atoms with Gasteiger partial charge in [-0.1, -0.05) is 0 Å². The van der Waals surface area contributed by atoms with Crippen LogP contribution < -0.4 is 4.74 Å². The molecule has 0 aliphatic carbocycles. The van der Waals surface area contributed by atoms with E-state index in [9.17, 15) is 4.39 Å². The Morgan fingerprint density at radius 1 is 1.25 bits per heavy atom. The van der Waals surface area contributed by atoms with E-state index in [0.29, 0.717) is 11.3 Å². The molecule has 0 spiro atoms. The van der Waals surface area contributed by atoms with Gasteiger partial charge in [0.2, 0.25) is 0 Å². The molecule has 0 radical (unpaired) electrons. The summed E-state index contributed by atoms with van der Waals surface area (Å²) in [6.07, 6.45) is 0. The number of hydrogen-bond acceptors (Lipinski definition) is 1. The molecule has 1 nitrogen and oxygen atoms in total. The smallest absolute Gasteiger partial charge is 0.124 e. The van der Waals surface area contributed by atoms with Crippen molar-refractivity contribution < 1.29 is 9.13 Å². The van der Waals surface area contributed by atoms with Crippen LogP contribution in [0.4, 0.5) is 4.39 Å². The highest BCUT2D eigenvalue weighted by atomic mass is 19.1. The number of rotatable bonds is 2. The standard InChI is InChI=1S/C10H13FO/c1-7-4-9(6-11)10(12-3)5-8(7)2/h4-5H,6H2,1-3H3. The molecule has 0 bridgehead atoms. The van der Waals surface area contributed by atoms with E-state index < -0.39 is 6.67 Å². The zero-order chi connectivity index (χ0) is 9.14. The van der Waals surface area contributed by atoms with E-state index in [2.05, 4.69) is 0 Å². The highest BCUT2D eigenvalue weighted by molar-refractivity contribution is 5.41. The molecule has 0 atom stereocenters. The van der Waals surface area contributed by atoms with E-state index in [4.69, 9.17) is 4.74 Å². The maximum Gasteiger partial charge on any atom is 0.124 e. The molecule has 0 fully saturated rings. The largest absolute Gasteiger partial charge is 0.496 e. The lowest BCUT2D eigenvalue weighted by Gasteiger charge is -2.08. The van der Waals surface area contributed by atoms with E-state index >= 15 is 0 Å². The number of benzene rings is 1. The summed E-state index contributed by atoms with van der Waals surface area (Å²) in [7, 11) is 1.56. The van der Waals surface area contributed by atoms with Gasteiger partial charge in [-0.2, -0.15) is 0 Å². The molecule has 0 amide bonds. The fraction of sp³-hybridized carbons (Fsp3) is 0.400. The second-order valence-electron chi connectivity index (χ2n) is 2.88. The molecule has 0 aliphatic rings. The Balaban J connectivity index is 3.19. The molecule has 0 aliphatic heterocycles. The summed E-state index contributed by atoms with van der Waals surface area (Å²) < 4.78 is 17.4. The van der Waals surface area contributed by atoms with Crippen molar-refractivity contribution in [2.45, 2.75) is 20.5 Å². The molecule has 0 unspecified atom stereocenters. The fourth-order valence-electron chi connectivity index (χ4n) is 1.14. The van der Waals surface area contributed by atoms with Crippen molar-refractivity contribution in [3.05, 3.63) is 28.8 Å². The van der Waals surface area contributed by atoms with Gasteiger partial charge in [0, 0.05) is 5.56 Å². The second kappa shape index (κ2) is 3.57. The summed E-state index contributed by atoms with van der Waals surface area (Å²) in [4.78, 5) is 0. The van der Waals surface area contributed by atoms with Crippen molar-refractivity contribution in [1.82, 2.24) is 0 Å². The molecule has 0 saturated carbocycles. The molecule has 1 aromatic rings. The predicted molar refractivity (Wildman–Crippen MR) is 47.3 cm³/mol. The monoisotopic (exact) mass is 168 g/mol. The first-order valence-corrected chi connectivity index (χ1v) is 3.89. The predicted octanol–water partition coefficient (Wildman–Crippen LogP) is 2.78. The summed E-state index contributed by atoms with van der Waals surface area (Å²) in [5.74, 6) is 0.639. The molecule has 1 rings (SSSR count). The van der Waals surface area contributed by atoms with Crippen molar-refractivity contribution in [2.24, 2.45) is 0 Å². The molecule has 66 valence electrons. The molecular weight excluding hydrogens is 155 g/mol. The van der Waals surface area contributed by atoms with Crippen LogP contribution in [0, 0.1) is 13.8 Å². The van der Waals surface area contributed by atoms with Crippen LogP contribution in [-0.4, -0.2) is 7.11 Å². The average molecular weight is 168 g/mol. The number of ether oxygens (including phenoxy) is 1. The third-order valence-electron chi connectivity index (χ3n) is 2.04. The second-order valence-corrected chi connectivity index (χ2v) is 2.88.